The molecule has 2 fully saturated rings. The Morgan fingerprint density at radius 1 is 1.03 bits per heavy atom. The number of aromatic amines is 1. The van der Waals surface area contributed by atoms with Crippen molar-refractivity contribution in [2.45, 2.75) is 92.6 Å². The summed E-state index contributed by atoms with van der Waals surface area (Å²) < 4.78 is 13.4. The summed E-state index contributed by atoms with van der Waals surface area (Å²) in [5, 5.41) is 30.5. The number of rotatable bonds is 10. The molecule has 6 aliphatic rings. The van der Waals surface area contributed by atoms with Crippen LogP contribution in [-0.4, -0.2) is 120 Å². The van der Waals surface area contributed by atoms with Gasteiger partial charge in [0.1, 0.15) is 11.9 Å². The van der Waals surface area contributed by atoms with Gasteiger partial charge in [-0.2, -0.15) is 0 Å². The van der Waals surface area contributed by atoms with Crippen LogP contribution in [0.1, 0.15) is 68.8 Å². The summed E-state index contributed by atoms with van der Waals surface area (Å²) in [5.41, 5.74) is 1.64. The number of benzene rings is 3. The smallest absolute Gasteiger partial charge is 0.303 e. The maximum Gasteiger partial charge on any atom is 0.303 e. The molecule has 1 unspecified atom stereocenters. The van der Waals surface area contributed by atoms with Gasteiger partial charge < -0.3 is 34.9 Å². The van der Waals surface area contributed by atoms with Gasteiger partial charge in [0.25, 0.3) is 5.91 Å². The molecule has 4 aromatic rings. The first-order chi connectivity index (χ1) is 30.4. The normalized spacial score (nSPS) is 33.0. The number of anilines is 1. The molecule has 1 spiro atoms. The summed E-state index contributed by atoms with van der Waals surface area (Å²) in [7, 11) is 3.61. The number of fused-ring (bicyclic) bond motifs is 6. The Kier molecular flexibility index (Phi) is 10.6. The highest BCUT2D eigenvalue weighted by atomic mass is 32.2. The lowest BCUT2D eigenvalue weighted by atomic mass is 9.47. The van der Waals surface area contributed by atoms with Crippen LogP contribution in [0.2, 0.25) is 0 Å². The molecule has 3 aromatic carbocycles. The standard InChI is InChI=1S/C51H61N5O6S/c1-6-33-26-34-29-50(62-32(3)57,43-37(18-23-55(30-33)31-34)36-16-11-12-17-40(36)53-43)39-27-38-41(28-42(39)61-5)54(4)45-49(38)20-24-56-22-13-19-48(7-2,44(49)56)46(58)51(45,60)47(59)52-21-25-63-35-14-9-8-10-15-35/h8-17,19,26-28,34,44-46,53,58,60H,6-7,18,20-25,29-31H2,1-5H3,(H,52,59)/t34-,44+,45-,46-,48-,49-,50+,51+/m1/s1. The van der Waals surface area contributed by atoms with Crippen LogP contribution >= 0.6 is 11.8 Å². The molecule has 9 atom stereocenters. The average Bonchev–Trinajstić information content (AvgIpc) is 3.96. The predicted molar refractivity (Wildman–Crippen MR) is 247 cm³/mol. The van der Waals surface area contributed by atoms with Gasteiger partial charge in [-0.3, -0.25) is 19.4 Å². The lowest BCUT2D eigenvalue weighted by Gasteiger charge is -2.63. The largest absolute Gasteiger partial charge is 0.496 e. The van der Waals surface area contributed by atoms with Crippen molar-refractivity contribution in [2.75, 3.05) is 64.1 Å². The van der Waals surface area contributed by atoms with E-state index in [4.69, 9.17) is 9.47 Å². The minimum atomic E-state index is -2.20. The number of ether oxygens (including phenoxy) is 2. The summed E-state index contributed by atoms with van der Waals surface area (Å²) in [6.07, 6.45) is 8.56. The van der Waals surface area contributed by atoms with E-state index in [0.717, 1.165) is 82.9 Å². The zero-order valence-corrected chi connectivity index (χ0v) is 38.0. The van der Waals surface area contributed by atoms with Gasteiger partial charge in [0.15, 0.2) is 11.2 Å². The topological polar surface area (TPSA) is 131 Å². The Hall–Kier alpha value is -4.59. The number of nitrogens with zero attached hydrogens (tertiary/aromatic N) is 3. The monoisotopic (exact) mass is 871 g/mol. The molecule has 0 radical (unpaired) electrons. The fraction of sp³-hybridized carbons (Fsp3) is 0.490. The highest BCUT2D eigenvalue weighted by molar-refractivity contribution is 7.99. The summed E-state index contributed by atoms with van der Waals surface area (Å²) >= 11 is 1.64. The SMILES string of the molecule is CCC1=C[C@H]2CN(CCc3c([nH]c4ccccc34)[C@@](OC(C)=O)(c3cc4c(cc3OC)N(C)[C@H]3[C@@](O)(C(=O)NCCSc5ccccc5)[C@H](O)[C@]5(CC)C=CCN6CC[C@]43[C@@H]65)C2)C1. The molecule has 12 heteroatoms. The Morgan fingerprint density at radius 3 is 2.59 bits per heavy atom. The Bertz CT molecular complexity index is 2510. The lowest BCUT2D eigenvalue weighted by Crippen LogP contribution is -2.81. The number of hydrogen-bond acceptors (Lipinski definition) is 10. The average molecular weight is 872 g/mol. The maximum atomic E-state index is 15.0. The van der Waals surface area contributed by atoms with Gasteiger partial charge in [-0.15, -0.1) is 11.8 Å². The van der Waals surface area contributed by atoms with E-state index < -0.39 is 46.1 Å². The van der Waals surface area contributed by atoms with Gasteiger partial charge in [0.2, 0.25) is 0 Å². The molecule has 10 rings (SSSR count). The molecule has 1 amide bonds. The van der Waals surface area contributed by atoms with E-state index in [-0.39, 0.29) is 12.0 Å². The number of nitrogens with one attached hydrogen (secondary N) is 2. The Balaban J connectivity index is 1.18. The van der Waals surface area contributed by atoms with Crippen molar-refractivity contribution in [3.05, 3.63) is 113 Å². The fourth-order valence-electron chi connectivity index (χ4n) is 13.4. The number of aromatic nitrogens is 1. The number of thioether (sulfide) groups is 1. The van der Waals surface area contributed by atoms with Crippen molar-refractivity contribution >= 4 is 40.2 Å². The van der Waals surface area contributed by atoms with E-state index in [2.05, 4.69) is 76.4 Å². The number of H-pyrrole nitrogens is 1. The summed E-state index contributed by atoms with van der Waals surface area (Å²) in [6, 6.07) is 21.6. The number of esters is 1. The Labute approximate surface area is 374 Å². The molecular weight excluding hydrogens is 811 g/mol. The van der Waals surface area contributed by atoms with E-state index in [1.807, 2.05) is 54.4 Å². The van der Waals surface area contributed by atoms with E-state index in [1.165, 1.54) is 12.5 Å². The van der Waals surface area contributed by atoms with Crippen molar-refractivity contribution in [2.24, 2.45) is 11.3 Å². The molecule has 1 aromatic heterocycles. The minimum absolute atomic E-state index is 0.0637. The molecule has 6 heterocycles. The second-order valence-electron chi connectivity index (χ2n) is 18.9. The number of hydrogen-bond donors (Lipinski definition) is 4. The van der Waals surface area contributed by atoms with Gasteiger partial charge in [0.05, 0.1) is 18.8 Å². The van der Waals surface area contributed by atoms with Crippen LogP contribution in [0.15, 0.2) is 95.4 Å². The van der Waals surface area contributed by atoms with Crippen molar-refractivity contribution in [1.29, 1.82) is 0 Å². The first kappa shape index (κ1) is 42.4. The maximum absolute atomic E-state index is 15.0. The molecule has 11 nitrogen and oxygen atoms in total. The van der Waals surface area contributed by atoms with Crippen LogP contribution in [0.4, 0.5) is 5.69 Å². The first-order valence-corrected chi connectivity index (χ1v) is 23.9. The number of aliphatic hydroxyl groups is 2. The predicted octanol–water partition coefficient (Wildman–Crippen LogP) is 6.31. The zero-order chi connectivity index (χ0) is 43.9. The number of amides is 1. The molecule has 4 N–H and O–H groups in total. The molecule has 5 aliphatic heterocycles. The van der Waals surface area contributed by atoms with E-state index in [1.54, 1.807) is 18.9 Å². The van der Waals surface area contributed by atoms with Gasteiger partial charge in [0, 0.05) is 109 Å². The van der Waals surface area contributed by atoms with Gasteiger partial charge in [-0.25, -0.2) is 0 Å². The molecule has 1 saturated heterocycles. The number of likely N-dealkylation sites (N-methyl/N-ethyl adjacent to an activating group) is 1. The minimum Gasteiger partial charge on any atom is -0.496 e. The fourth-order valence-corrected chi connectivity index (χ4v) is 14.2. The molecular formula is C51H61N5O6S. The molecule has 63 heavy (non-hydrogen) atoms. The van der Waals surface area contributed by atoms with Gasteiger partial charge >= 0.3 is 5.97 Å². The first-order valence-electron chi connectivity index (χ1n) is 22.9. The van der Waals surface area contributed by atoms with E-state index >= 15 is 0 Å². The van der Waals surface area contributed by atoms with Crippen molar-refractivity contribution in [1.82, 2.24) is 20.1 Å². The van der Waals surface area contributed by atoms with Gasteiger partial charge in [-0.05, 0) is 73.5 Å². The summed E-state index contributed by atoms with van der Waals surface area (Å²) in [5.74, 6) is 0.257. The van der Waals surface area contributed by atoms with Crippen LogP contribution in [-0.2, 0) is 31.8 Å². The summed E-state index contributed by atoms with van der Waals surface area (Å²) in [6.45, 7) is 10.1. The number of methoxy groups -OCH3 is 1. The number of carbonyl (C=O) groups is 2. The zero-order valence-electron chi connectivity index (χ0n) is 37.2. The third kappa shape index (κ3) is 6.21. The molecule has 2 bridgehead atoms. The number of para-hydroxylation sites is 1. The molecule has 332 valence electrons. The van der Waals surface area contributed by atoms with Crippen LogP contribution in [0.25, 0.3) is 10.9 Å². The van der Waals surface area contributed by atoms with Crippen LogP contribution in [0.5, 0.6) is 5.75 Å². The van der Waals surface area contributed by atoms with E-state index in [0.29, 0.717) is 43.9 Å². The van der Waals surface area contributed by atoms with Crippen molar-refractivity contribution < 1.29 is 29.3 Å². The highest BCUT2D eigenvalue weighted by Crippen LogP contribution is 2.67. The third-order valence-corrected chi connectivity index (χ3v) is 16.8. The summed E-state index contributed by atoms with van der Waals surface area (Å²) in [4.78, 5) is 40.8. The van der Waals surface area contributed by atoms with Crippen molar-refractivity contribution in [3.8, 4) is 5.75 Å². The number of carbonyl (C=O) groups excluding carboxylic acids is 2. The van der Waals surface area contributed by atoms with Crippen molar-refractivity contribution in [3.63, 3.8) is 0 Å². The van der Waals surface area contributed by atoms with Gasteiger partial charge in [-0.1, -0.05) is 74.0 Å². The van der Waals surface area contributed by atoms with E-state index in [9.17, 15) is 19.8 Å². The third-order valence-electron chi connectivity index (χ3n) is 15.8. The molecule has 1 saturated carbocycles. The van der Waals surface area contributed by atoms with Crippen LogP contribution in [0.3, 0.4) is 0 Å². The van der Waals surface area contributed by atoms with Crippen LogP contribution < -0.4 is 15.0 Å². The van der Waals surface area contributed by atoms with Crippen LogP contribution in [0, 0.1) is 11.3 Å². The lowest BCUT2D eigenvalue weighted by molar-refractivity contribution is -0.203. The quantitative estimate of drug-likeness (QED) is 0.0623. The highest BCUT2D eigenvalue weighted by Gasteiger charge is 2.78. The Morgan fingerprint density at radius 2 is 1.83 bits per heavy atom. The molecule has 1 aliphatic carbocycles. The number of aliphatic hydroxyl groups excluding tert-OH is 1. The second-order valence-corrected chi connectivity index (χ2v) is 20.0. The second kappa shape index (κ2) is 15.8.